The van der Waals surface area contributed by atoms with Crippen LogP contribution in [0.3, 0.4) is 0 Å². The van der Waals surface area contributed by atoms with E-state index in [0.29, 0.717) is 12.3 Å². The maximum absolute atomic E-state index is 12.5. The monoisotopic (exact) mass is 366 g/mol. The molecule has 0 aliphatic carbocycles. The second-order valence-electron chi connectivity index (χ2n) is 5.45. The summed E-state index contributed by atoms with van der Waals surface area (Å²) in [5, 5.41) is 2.46. The molecule has 8 nitrogen and oxygen atoms in total. The van der Waals surface area contributed by atoms with E-state index < -0.39 is 15.9 Å². The minimum Gasteiger partial charge on any atom is -0.496 e. The number of rotatable bonds is 7. The van der Waals surface area contributed by atoms with Crippen LogP contribution in [0.4, 0.5) is 0 Å². The molecular formula is C16H22N4O4S. The fraction of sp³-hybridized carbons (Fsp3) is 0.375. The minimum absolute atomic E-state index is 0.00503. The number of sulfonamides is 1. The predicted octanol–water partition coefficient (Wildman–Crippen LogP) is 0.847. The molecule has 2 N–H and O–H groups in total. The van der Waals surface area contributed by atoms with Crippen LogP contribution in [-0.4, -0.2) is 44.6 Å². The van der Waals surface area contributed by atoms with Crippen LogP contribution < -0.4 is 14.8 Å². The third-order valence-electron chi connectivity index (χ3n) is 3.94. The second-order valence-corrected chi connectivity index (χ2v) is 7.21. The first-order valence-corrected chi connectivity index (χ1v) is 9.16. The number of nitrogens with zero attached hydrogens (tertiary/aromatic N) is 2. The van der Waals surface area contributed by atoms with Crippen LogP contribution in [-0.2, 0) is 16.6 Å². The van der Waals surface area contributed by atoms with Crippen molar-refractivity contribution in [3.63, 3.8) is 0 Å². The molecule has 0 unspecified atom stereocenters. The lowest BCUT2D eigenvalue weighted by atomic mass is 10.2. The van der Waals surface area contributed by atoms with E-state index in [0.717, 1.165) is 11.4 Å². The SMILES string of the molecule is CNC(=O)c1cc(S(=O)(=O)NCCn2cnc(C)c2C)ccc1OC. The lowest BCUT2D eigenvalue weighted by Gasteiger charge is -2.12. The molecule has 25 heavy (non-hydrogen) atoms. The molecule has 0 saturated carbocycles. The number of aromatic nitrogens is 2. The van der Waals surface area contributed by atoms with E-state index in [1.165, 1.54) is 32.4 Å². The minimum atomic E-state index is -3.74. The summed E-state index contributed by atoms with van der Waals surface area (Å²) in [7, 11) is -0.856. The van der Waals surface area contributed by atoms with Gasteiger partial charge in [-0.05, 0) is 32.0 Å². The highest BCUT2D eigenvalue weighted by molar-refractivity contribution is 7.89. The molecule has 0 atom stereocenters. The van der Waals surface area contributed by atoms with Crippen LogP contribution in [0.5, 0.6) is 5.75 Å². The standard InChI is InChI=1S/C16H22N4O4S/c1-11-12(2)20(10-18-11)8-7-19-25(22,23)13-5-6-15(24-4)14(9-13)16(21)17-3/h5-6,9-10,19H,7-8H2,1-4H3,(H,17,21). The van der Waals surface area contributed by atoms with Gasteiger partial charge in [-0.1, -0.05) is 0 Å². The quantitative estimate of drug-likeness (QED) is 0.756. The molecule has 9 heteroatoms. The van der Waals surface area contributed by atoms with Gasteiger partial charge in [0.1, 0.15) is 5.75 Å². The van der Waals surface area contributed by atoms with E-state index in [1.54, 1.807) is 6.33 Å². The molecule has 2 aromatic rings. The molecular weight excluding hydrogens is 344 g/mol. The van der Waals surface area contributed by atoms with Gasteiger partial charge < -0.3 is 14.6 Å². The van der Waals surface area contributed by atoms with Crippen molar-refractivity contribution in [2.24, 2.45) is 0 Å². The average molecular weight is 366 g/mol. The molecule has 0 aliphatic heterocycles. The van der Waals surface area contributed by atoms with Gasteiger partial charge in [0.25, 0.3) is 5.91 Å². The summed E-state index contributed by atoms with van der Waals surface area (Å²) < 4.78 is 34.4. The summed E-state index contributed by atoms with van der Waals surface area (Å²) >= 11 is 0. The highest BCUT2D eigenvalue weighted by Crippen LogP contribution is 2.22. The van der Waals surface area contributed by atoms with Gasteiger partial charge in [0.15, 0.2) is 0 Å². The number of carbonyl (C=O) groups is 1. The molecule has 0 aliphatic rings. The number of hydrogen-bond acceptors (Lipinski definition) is 5. The van der Waals surface area contributed by atoms with E-state index in [-0.39, 0.29) is 17.0 Å². The average Bonchev–Trinajstić information content (AvgIpc) is 2.92. The summed E-state index contributed by atoms with van der Waals surface area (Å²) in [4.78, 5) is 16.1. The van der Waals surface area contributed by atoms with Crippen molar-refractivity contribution in [2.75, 3.05) is 20.7 Å². The van der Waals surface area contributed by atoms with Crippen LogP contribution >= 0.6 is 0 Å². The number of carbonyl (C=O) groups excluding carboxylic acids is 1. The Labute approximate surface area is 147 Å². The van der Waals surface area contributed by atoms with Crippen LogP contribution in [0.15, 0.2) is 29.4 Å². The molecule has 0 bridgehead atoms. The van der Waals surface area contributed by atoms with Crippen molar-refractivity contribution in [3.05, 3.63) is 41.5 Å². The number of aryl methyl sites for hydroxylation is 1. The maximum atomic E-state index is 12.5. The van der Waals surface area contributed by atoms with Crippen LogP contribution in [0.25, 0.3) is 0 Å². The normalized spacial score (nSPS) is 11.4. The van der Waals surface area contributed by atoms with Gasteiger partial charge in [0.05, 0.1) is 29.6 Å². The molecule has 0 saturated heterocycles. The van der Waals surface area contributed by atoms with Crippen molar-refractivity contribution >= 4 is 15.9 Å². The largest absolute Gasteiger partial charge is 0.496 e. The molecule has 1 heterocycles. The zero-order valence-electron chi connectivity index (χ0n) is 14.7. The Morgan fingerprint density at radius 3 is 2.60 bits per heavy atom. The predicted molar refractivity (Wildman–Crippen MR) is 93.3 cm³/mol. The molecule has 1 aromatic heterocycles. The van der Waals surface area contributed by atoms with Crippen molar-refractivity contribution in [2.45, 2.75) is 25.3 Å². The van der Waals surface area contributed by atoms with Gasteiger partial charge in [0, 0.05) is 25.8 Å². The molecule has 1 aromatic carbocycles. The van der Waals surface area contributed by atoms with Crippen molar-refractivity contribution in [1.82, 2.24) is 19.6 Å². The number of amides is 1. The Kier molecular flexibility index (Phi) is 5.81. The van der Waals surface area contributed by atoms with Crippen LogP contribution in [0.2, 0.25) is 0 Å². The summed E-state index contributed by atoms with van der Waals surface area (Å²) in [6.07, 6.45) is 1.68. The van der Waals surface area contributed by atoms with Crippen molar-refractivity contribution in [1.29, 1.82) is 0 Å². The number of hydrogen-bond donors (Lipinski definition) is 2. The highest BCUT2D eigenvalue weighted by atomic mass is 32.2. The number of benzene rings is 1. The number of ether oxygens (including phenoxy) is 1. The Bertz CT molecular complexity index is 874. The topological polar surface area (TPSA) is 102 Å². The van der Waals surface area contributed by atoms with Gasteiger partial charge in [-0.25, -0.2) is 18.1 Å². The van der Waals surface area contributed by atoms with E-state index in [4.69, 9.17) is 4.74 Å². The van der Waals surface area contributed by atoms with Gasteiger partial charge in [-0.15, -0.1) is 0 Å². The fourth-order valence-electron chi connectivity index (χ4n) is 2.32. The van der Waals surface area contributed by atoms with Crippen molar-refractivity contribution < 1.29 is 17.9 Å². The van der Waals surface area contributed by atoms with E-state index >= 15 is 0 Å². The van der Waals surface area contributed by atoms with Gasteiger partial charge >= 0.3 is 0 Å². The van der Waals surface area contributed by atoms with Gasteiger partial charge in [-0.3, -0.25) is 4.79 Å². The molecule has 136 valence electrons. The second kappa shape index (κ2) is 7.66. The summed E-state index contributed by atoms with van der Waals surface area (Å²) in [6, 6.07) is 4.16. The first kappa shape index (κ1) is 18.9. The first-order valence-electron chi connectivity index (χ1n) is 7.68. The number of imidazole rings is 1. The lowest BCUT2D eigenvalue weighted by molar-refractivity contribution is 0.0960. The highest BCUT2D eigenvalue weighted by Gasteiger charge is 2.19. The molecule has 0 fully saturated rings. The molecule has 0 radical (unpaired) electrons. The summed E-state index contributed by atoms with van der Waals surface area (Å²) in [5.41, 5.74) is 2.06. The molecule has 0 spiro atoms. The Morgan fingerprint density at radius 2 is 2.04 bits per heavy atom. The molecule has 1 amide bonds. The maximum Gasteiger partial charge on any atom is 0.254 e. The summed E-state index contributed by atoms with van der Waals surface area (Å²) in [6.45, 7) is 4.49. The van der Waals surface area contributed by atoms with E-state index in [9.17, 15) is 13.2 Å². The number of nitrogens with one attached hydrogen (secondary N) is 2. The smallest absolute Gasteiger partial charge is 0.254 e. The zero-order chi connectivity index (χ0) is 18.6. The zero-order valence-corrected chi connectivity index (χ0v) is 15.5. The third-order valence-corrected chi connectivity index (χ3v) is 5.40. The molecule has 2 rings (SSSR count). The van der Waals surface area contributed by atoms with Crippen molar-refractivity contribution in [3.8, 4) is 5.75 Å². The van der Waals surface area contributed by atoms with Crippen LogP contribution in [0.1, 0.15) is 21.7 Å². The Morgan fingerprint density at radius 1 is 1.32 bits per heavy atom. The van der Waals surface area contributed by atoms with Gasteiger partial charge in [0.2, 0.25) is 10.0 Å². The van der Waals surface area contributed by atoms with Crippen LogP contribution in [0, 0.1) is 13.8 Å². The number of methoxy groups -OCH3 is 1. The lowest BCUT2D eigenvalue weighted by Crippen LogP contribution is -2.28. The fourth-order valence-corrected chi connectivity index (χ4v) is 3.37. The third kappa shape index (κ3) is 4.18. The first-order chi connectivity index (χ1) is 11.8. The summed E-state index contributed by atoms with van der Waals surface area (Å²) in [5.74, 6) is -0.110. The Hall–Kier alpha value is -2.39. The van der Waals surface area contributed by atoms with Gasteiger partial charge in [-0.2, -0.15) is 0 Å². The van der Waals surface area contributed by atoms with E-state index in [2.05, 4.69) is 15.0 Å². The van der Waals surface area contributed by atoms with E-state index in [1.807, 2.05) is 18.4 Å². The Balaban J connectivity index is 2.16.